The van der Waals surface area contributed by atoms with E-state index in [4.69, 9.17) is 9.84 Å². The molecule has 1 aliphatic rings. The summed E-state index contributed by atoms with van der Waals surface area (Å²) < 4.78 is 31.8. The van der Waals surface area contributed by atoms with Crippen molar-refractivity contribution in [1.29, 1.82) is 0 Å². The van der Waals surface area contributed by atoms with E-state index in [9.17, 15) is 8.78 Å². The summed E-state index contributed by atoms with van der Waals surface area (Å²) in [5.74, 6) is -2.03. The predicted molar refractivity (Wildman–Crippen MR) is 56.0 cm³/mol. The van der Waals surface area contributed by atoms with Crippen molar-refractivity contribution in [2.75, 3.05) is 13.2 Å². The van der Waals surface area contributed by atoms with E-state index in [1.165, 1.54) is 0 Å². The molecule has 2 rings (SSSR count). The van der Waals surface area contributed by atoms with Crippen LogP contribution in [0.2, 0.25) is 0 Å². The van der Waals surface area contributed by atoms with Gasteiger partial charge in [0, 0.05) is 25.9 Å². The minimum atomic E-state index is -2.83. The Morgan fingerprint density at radius 1 is 1.38 bits per heavy atom. The van der Waals surface area contributed by atoms with Crippen LogP contribution in [0.4, 0.5) is 8.78 Å². The molecule has 88 valence electrons. The lowest BCUT2D eigenvalue weighted by atomic mass is 10.0. The Hall–Kier alpha value is -1.16. The number of ether oxygens (including phenoxy) is 1. The first-order valence-corrected chi connectivity index (χ1v) is 5.34. The first-order valence-electron chi connectivity index (χ1n) is 5.34. The molecule has 1 aliphatic heterocycles. The summed E-state index contributed by atoms with van der Waals surface area (Å²) in [7, 11) is 0. The zero-order valence-corrected chi connectivity index (χ0v) is 8.88. The molecule has 0 bridgehead atoms. The van der Waals surface area contributed by atoms with Gasteiger partial charge in [0.1, 0.15) is 5.75 Å². The van der Waals surface area contributed by atoms with Crippen molar-refractivity contribution in [3.8, 4) is 5.75 Å². The highest BCUT2D eigenvalue weighted by Gasteiger charge is 2.28. The van der Waals surface area contributed by atoms with Crippen LogP contribution >= 0.6 is 0 Å². The molecule has 0 atom stereocenters. The van der Waals surface area contributed by atoms with E-state index in [1.54, 1.807) is 18.2 Å². The summed E-state index contributed by atoms with van der Waals surface area (Å²) >= 11 is 0. The van der Waals surface area contributed by atoms with Gasteiger partial charge in [-0.1, -0.05) is 12.1 Å². The van der Waals surface area contributed by atoms with Crippen molar-refractivity contribution in [3.63, 3.8) is 0 Å². The molecule has 0 fully saturated rings. The first kappa shape index (κ1) is 11.3. The molecule has 16 heavy (non-hydrogen) atoms. The molecule has 1 N–H and O–H groups in total. The number of rotatable bonds is 4. The summed E-state index contributed by atoms with van der Waals surface area (Å²) in [5.41, 5.74) is 1.60. The molecule has 2 nitrogen and oxygen atoms in total. The highest BCUT2D eigenvalue weighted by Crippen LogP contribution is 2.29. The Bertz CT molecular complexity index is 377. The second kappa shape index (κ2) is 4.37. The van der Waals surface area contributed by atoms with Crippen molar-refractivity contribution in [1.82, 2.24) is 0 Å². The van der Waals surface area contributed by atoms with Gasteiger partial charge in [0.05, 0.1) is 6.61 Å². The SMILES string of the molecule is OCCC(F)(F)Cc1ccc2c(c1)CCO2. The van der Waals surface area contributed by atoms with Crippen LogP contribution in [-0.4, -0.2) is 24.2 Å². The van der Waals surface area contributed by atoms with Crippen LogP contribution in [0.15, 0.2) is 18.2 Å². The second-order valence-corrected chi connectivity index (χ2v) is 4.05. The van der Waals surface area contributed by atoms with Gasteiger partial charge in [-0.3, -0.25) is 0 Å². The quantitative estimate of drug-likeness (QED) is 0.855. The maximum atomic E-state index is 13.3. The molecule has 0 spiro atoms. The third-order valence-corrected chi connectivity index (χ3v) is 2.69. The minimum absolute atomic E-state index is 0.319. The van der Waals surface area contributed by atoms with E-state index in [1.807, 2.05) is 0 Å². The van der Waals surface area contributed by atoms with Crippen LogP contribution in [0.1, 0.15) is 17.5 Å². The highest BCUT2D eigenvalue weighted by molar-refractivity contribution is 5.40. The molecule has 0 unspecified atom stereocenters. The van der Waals surface area contributed by atoms with E-state index in [0.29, 0.717) is 12.2 Å². The third kappa shape index (κ3) is 2.50. The van der Waals surface area contributed by atoms with Gasteiger partial charge in [-0.15, -0.1) is 0 Å². The van der Waals surface area contributed by atoms with Crippen LogP contribution in [0.25, 0.3) is 0 Å². The van der Waals surface area contributed by atoms with Gasteiger partial charge in [0.15, 0.2) is 0 Å². The van der Waals surface area contributed by atoms with E-state index in [2.05, 4.69) is 0 Å². The number of hydrogen-bond donors (Lipinski definition) is 1. The van der Waals surface area contributed by atoms with Gasteiger partial charge >= 0.3 is 0 Å². The molecule has 0 amide bonds. The van der Waals surface area contributed by atoms with Gasteiger partial charge in [-0.05, 0) is 17.2 Å². The van der Waals surface area contributed by atoms with Crippen molar-refractivity contribution in [2.24, 2.45) is 0 Å². The fourth-order valence-electron chi connectivity index (χ4n) is 1.90. The molecular formula is C12H14F2O2. The topological polar surface area (TPSA) is 29.5 Å². The molecular weight excluding hydrogens is 214 g/mol. The number of aliphatic hydroxyl groups is 1. The summed E-state index contributed by atoms with van der Waals surface area (Å²) in [6.45, 7) is 0.146. The molecule has 0 radical (unpaired) electrons. The number of hydrogen-bond acceptors (Lipinski definition) is 2. The Labute approximate surface area is 92.9 Å². The maximum Gasteiger partial charge on any atom is 0.254 e. The normalized spacial score (nSPS) is 14.7. The van der Waals surface area contributed by atoms with Crippen LogP contribution in [-0.2, 0) is 12.8 Å². The molecule has 1 aromatic carbocycles. The molecule has 0 aliphatic carbocycles. The number of fused-ring (bicyclic) bond motifs is 1. The number of benzene rings is 1. The summed E-state index contributed by atoms with van der Waals surface area (Å²) in [6.07, 6.45) is -0.0177. The van der Waals surface area contributed by atoms with E-state index in [0.717, 1.165) is 17.7 Å². The lowest BCUT2D eigenvalue weighted by molar-refractivity contribution is -0.0205. The van der Waals surface area contributed by atoms with Crippen LogP contribution < -0.4 is 4.74 Å². The largest absolute Gasteiger partial charge is 0.493 e. The Balaban J connectivity index is 2.10. The minimum Gasteiger partial charge on any atom is -0.493 e. The zero-order valence-electron chi connectivity index (χ0n) is 8.88. The fourth-order valence-corrected chi connectivity index (χ4v) is 1.90. The van der Waals surface area contributed by atoms with Gasteiger partial charge in [-0.2, -0.15) is 0 Å². The molecule has 4 heteroatoms. The zero-order chi connectivity index (χ0) is 11.6. The van der Waals surface area contributed by atoms with Crippen LogP contribution in [0, 0.1) is 0 Å². The summed E-state index contributed by atoms with van der Waals surface area (Å²) in [4.78, 5) is 0. The maximum absolute atomic E-state index is 13.3. The van der Waals surface area contributed by atoms with E-state index in [-0.39, 0.29) is 6.42 Å². The molecule has 0 saturated heterocycles. The smallest absolute Gasteiger partial charge is 0.254 e. The molecule has 1 heterocycles. The van der Waals surface area contributed by atoms with Crippen molar-refractivity contribution in [2.45, 2.75) is 25.2 Å². The molecule has 0 aromatic heterocycles. The molecule has 0 saturated carbocycles. The molecule has 1 aromatic rings. The Morgan fingerprint density at radius 2 is 2.19 bits per heavy atom. The second-order valence-electron chi connectivity index (χ2n) is 4.05. The van der Waals surface area contributed by atoms with E-state index < -0.39 is 19.0 Å². The number of aliphatic hydroxyl groups excluding tert-OH is 1. The van der Waals surface area contributed by atoms with Gasteiger partial charge in [0.25, 0.3) is 5.92 Å². The number of halogens is 2. The van der Waals surface area contributed by atoms with Crippen molar-refractivity contribution < 1.29 is 18.6 Å². The fraction of sp³-hybridized carbons (Fsp3) is 0.500. The van der Waals surface area contributed by atoms with Gasteiger partial charge in [-0.25, -0.2) is 8.78 Å². The Morgan fingerprint density at radius 3 is 2.94 bits per heavy atom. The van der Waals surface area contributed by atoms with Crippen molar-refractivity contribution >= 4 is 0 Å². The standard InChI is InChI=1S/C12H14F2O2/c13-12(14,4-5-15)8-9-1-2-11-10(7-9)3-6-16-11/h1-2,7,15H,3-6,8H2. The van der Waals surface area contributed by atoms with Crippen LogP contribution in [0.5, 0.6) is 5.75 Å². The van der Waals surface area contributed by atoms with Gasteiger partial charge < -0.3 is 9.84 Å². The average molecular weight is 228 g/mol. The monoisotopic (exact) mass is 228 g/mol. The van der Waals surface area contributed by atoms with Crippen LogP contribution in [0.3, 0.4) is 0 Å². The summed E-state index contributed by atoms with van der Waals surface area (Å²) in [6, 6.07) is 5.18. The average Bonchev–Trinajstić information content (AvgIpc) is 2.63. The van der Waals surface area contributed by atoms with E-state index >= 15 is 0 Å². The summed E-state index contributed by atoms with van der Waals surface area (Å²) in [5, 5.41) is 8.53. The Kier molecular flexibility index (Phi) is 3.10. The predicted octanol–water partition coefficient (Wildman–Crippen LogP) is 2.18. The van der Waals surface area contributed by atoms with Crippen molar-refractivity contribution in [3.05, 3.63) is 29.3 Å². The first-order chi connectivity index (χ1) is 7.61. The lowest BCUT2D eigenvalue weighted by Gasteiger charge is -2.15. The number of alkyl halides is 2. The van der Waals surface area contributed by atoms with Gasteiger partial charge in [0.2, 0.25) is 0 Å². The highest BCUT2D eigenvalue weighted by atomic mass is 19.3. The third-order valence-electron chi connectivity index (χ3n) is 2.69. The lowest BCUT2D eigenvalue weighted by Crippen LogP contribution is -2.21.